The van der Waals surface area contributed by atoms with Crippen LogP contribution in [0.2, 0.25) is 0 Å². The van der Waals surface area contributed by atoms with E-state index in [1.54, 1.807) is 0 Å². The molecule has 1 aliphatic rings. The summed E-state index contributed by atoms with van der Waals surface area (Å²) in [6.07, 6.45) is 0.950. The fraction of sp³-hybridized carbons (Fsp3) is 0.417. The van der Waals surface area contributed by atoms with Gasteiger partial charge in [0.1, 0.15) is 4.99 Å². The molecule has 5 heteroatoms. The molecule has 1 aromatic rings. The zero-order valence-electron chi connectivity index (χ0n) is 9.68. The Kier molecular flexibility index (Phi) is 2.81. The second-order valence-electron chi connectivity index (χ2n) is 5.04. The van der Waals surface area contributed by atoms with E-state index in [1.165, 1.54) is 12.1 Å². The first-order valence-electron chi connectivity index (χ1n) is 5.37. The molecule has 17 heavy (non-hydrogen) atoms. The molecule has 2 rings (SSSR count). The summed E-state index contributed by atoms with van der Waals surface area (Å²) in [6.45, 7) is 4.14. The van der Waals surface area contributed by atoms with Crippen molar-refractivity contribution in [1.29, 1.82) is 0 Å². The van der Waals surface area contributed by atoms with Gasteiger partial charge < -0.3 is 11.1 Å². The summed E-state index contributed by atoms with van der Waals surface area (Å²) in [4.78, 5) is -0.139. The van der Waals surface area contributed by atoms with Crippen LogP contribution in [-0.4, -0.2) is 11.0 Å². The molecule has 3 N–H and O–H groups in total. The van der Waals surface area contributed by atoms with Gasteiger partial charge in [-0.25, -0.2) is 8.78 Å². The Labute approximate surface area is 104 Å². The fourth-order valence-electron chi connectivity index (χ4n) is 1.75. The third-order valence-corrected chi connectivity index (χ3v) is 3.41. The van der Waals surface area contributed by atoms with E-state index in [2.05, 4.69) is 31.4 Å². The van der Waals surface area contributed by atoms with Crippen LogP contribution < -0.4 is 11.1 Å². The number of nitrogens with one attached hydrogen (secondary N) is 1. The van der Waals surface area contributed by atoms with Crippen molar-refractivity contribution in [2.75, 3.05) is 5.32 Å². The molecule has 1 saturated carbocycles. The molecule has 1 aliphatic carbocycles. The Balaban J connectivity index is 2.26. The van der Waals surface area contributed by atoms with Crippen molar-refractivity contribution in [3.8, 4) is 0 Å². The average molecular weight is 256 g/mol. The largest absolute Gasteiger partial charge is 0.389 e. The smallest absolute Gasteiger partial charge is 0.182 e. The van der Waals surface area contributed by atoms with E-state index < -0.39 is 11.6 Å². The number of rotatable bonds is 3. The summed E-state index contributed by atoms with van der Waals surface area (Å²) in [6, 6.07) is 3.06. The number of halogens is 2. The maximum Gasteiger partial charge on any atom is 0.182 e. The molecule has 0 saturated heterocycles. The van der Waals surface area contributed by atoms with Gasteiger partial charge in [-0.2, -0.15) is 0 Å². The summed E-state index contributed by atoms with van der Waals surface area (Å²) in [5, 5.41) is 2.98. The lowest BCUT2D eigenvalue weighted by molar-refractivity contribution is 0.508. The van der Waals surface area contributed by atoms with Crippen molar-refractivity contribution in [3.05, 3.63) is 29.3 Å². The zero-order valence-corrected chi connectivity index (χ0v) is 10.5. The molecule has 0 spiro atoms. The zero-order chi connectivity index (χ0) is 12.8. The van der Waals surface area contributed by atoms with Gasteiger partial charge in [-0.05, 0) is 24.0 Å². The molecule has 0 aromatic heterocycles. The first-order chi connectivity index (χ1) is 7.83. The van der Waals surface area contributed by atoms with Crippen molar-refractivity contribution in [2.45, 2.75) is 26.3 Å². The van der Waals surface area contributed by atoms with Crippen molar-refractivity contribution in [3.63, 3.8) is 0 Å². The molecule has 0 radical (unpaired) electrons. The molecule has 92 valence electrons. The fourth-order valence-corrected chi connectivity index (χ4v) is 1.91. The van der Waals surface area contributed by atoms with Crippen LogP contribution >= 0.6 is 12.2 Å². The van der Waals surface area contributed by atoms with E-state index in [4.69, 9.17) is 5.73 Å². The van der Waals surface area contributed by atoms with Crippen LogP contribution in [0.25, 0.3) is 0 Å². The molecule has 0 aliphatic heterocycles. The second kappa shape index (κ2) is 3.91. The SMILES string of the molecule is CC1(C)CC1Nc1ccc(C(N)=S)c(F)c1F. The van der Waals surface area contributed by atoms with Crippen molar-refractivity contribution >= 4 is 22.9 Å². The van der Waals surface area contributed by atoms with Crippen molar-refractivity contribution in [1.82, 2.24) is 0 Å². The molecule has 0 heterocycles. The van der Waals surface area contributed by atoms with E-state index in [9.17, 15) is 8.78 Å². The van der Waals surface area contributed by atoms with Gasteiger partial charge in [0.15, 0.2) is 11.6 Å². The Hall–Kier alpha value is -1.23. The third kappa shape index (κ3) is 2.24. The van der Waals surface area contributed by atoms with E-state index in [-0.39, 0.29) is 27.7 Å². The highest BCUT2D eigenvalue weighted by Crippen LogP contribution is 2.46. The first-order valence-corrected chi connectivity index (χ1v) is 5.78. The van der Waals surface area contributed by atoms with E-state index in [1.807, 2.05) is 0 Å². The monoisotopic (exact) mass is 256 g/mol. The summed E-state index contributed by atoms with van der Waals surface area (Å²) >= 11 is 4.64. The molecule has 1 aromatic carbocycles. The van der Waals surface area contributed by atoms with Gasteiger partial charge in [0.2, 0.25) is 0 Å². The maximum absolute atomic E-state index is 13.7. The van der Waals surface area contributed by atoms with Crippen LogP contribution in [0.3, 0.4) is 0 Å². The molecular weight excluding hydrogens is 242 g/mol. The number of hydrogen-bond acceptors (Lipinski definition) is 2. The molecular formula is C12H14F2N2S. The molecule has 1 fully saturated rings. The molecule has 1 unspecified atom stereocenters. The number of hydrogen-bond donors (Lipinski definition) is 2. The Morgan fingerprint density at radius 3 is 2.47 bits per heavy atom. The Bertz CT molecular complexity index is 486. The van der Waals surface area contributed by atoms with Crippen LogP contribution in [0.15, 0.2) is 12.1 Å². The topological polar surface area (TPSA) is 38.0 Å². The summed E-state index contributed by atoms with van der Waals surface area (Å²) < 4.78 is 27.3. The summed E-state index contributed by atoms with van der Waals surface area (Å²) in [5.74, 6) is -1.90. The maximum atomic E-state index is 13.7. The highest BCUT2D eigenvalue weighted by atomic mass is 32.1. The van der Waals surface area contributed by atoms with E-state index >= 15 is 0 Å². The van der Waals surface area contributed by atoms with Gasteiger partial charge in [-0.3, -0.25) is 0 Å². The summed E-state index contributed by atoms with van der Waals surface area (Å²) in [7, 11) is 0. The Morgan fingerprint density at radius 1 is 1.41 bits per heavy atom. The minimum absolute atomic E-state index is 0.0573. The lowest BCUT2D eigenvalue weighted by Gasteiger charge is -2.11. The number of thiocarbonyl (C=S) groups is 1. The van der Waals surface area contributed by atoms with E-state index in [0.717, 1.165) is 6.42 Å². The van der Waals surface area contributed by atoms with Gasteiger partial charge in [0, 0.05) is 11.6 Å². The van der Waals surface area contributed by atoms with Gasteiger partial charge in [0.05, 0.1) is 5.69 Å². The lowest BCUT2D eigenvalue weighted by atomic mass is 10.1. The number of anilines is 1. The minimum Gasteiger partial charge on any atom is -0.389 e. The van der Waals surface area contributed by atoms with Gasteiger partial charge >= 0.3 is 0 Å². The quantitative estimate of drug-likeness (QED) is 0.817. The number of benzene rings is 1. The van der Waals surface area contributed by atoms with Gasteiger partial charge in [0.25, 0.3) is 0 Å². The highest BCUT2D eigenvalue weighted by molar-refractivity contribution is 7.80. The van der Waals surface area contributed by atoms with Crippen LogP contribution in [0, 0.1) is 17.0 Å². The van der Waals surface area contributed by atoms with Crippen molar-refractivity contribution in [2.24, 2.45) is 11.1 Å². The molecule has 1 atom stereocenters. The lowest BCUT2D eigenvalue weighted by Crippen LogP contribution is -2.15. The van der Waals surface area contributed by atoms with Crippen LogP contribution in [-0.2, 0) is 0 Å². The molecule has 0 bridgehead atoms. The Morgan fingerprint density at radius 2 is 2.00 bits per heavy atom. The summed E-state index contributed by atoms with van der Waals surface area (Å²) in [5.41, 5.74) is 5.55. The van der Waals surface area contributed by atoms with Crippen LogP contribution in [0.4, 0.5) is 14.5 Å². The van der Waals surface area contributed by atoms with Crippen LogP contribution in [0.1, 0.15) is 25.8 Å². The predicted octanol–water partition coefficient (Wildman–Crippen LogP) is 2.81. The van der Waals surface area contributed by atoms with Crippen molar-refractivity contribution < 1.29 is 8.78 Å². The standard InChI is InChI=1S/C12H14F2N2S/c1-12(2)5-8(12)16-7-4-3-6(11(15)17)9(13)10(7)14/h3-4,8,16H,5H2,1-2H3,(H2,15,17). The normalized spacial score (nSPS) is 21.1. The predicted molar refractivity (Wildman–Crippen MR) is 68.1 cm³/mol. The van der Waals surface area contributed by atoms with Gasteiger partial charge in [-0.1, -0.05) is 26.1 Å². The second-order valence-corrected chi connectivity index (χ2v) is 5.48. The third-order valence-electron chi connectivity index (χ3n) is 3.19. The highest BCUT2D eigenvalue weighted by Gasteiger charge is 2.46. The molecule has 2 nitrogen and oxygen atoms in total. The van der Waals surface area contributed by atoms with Crippen LogP contribution in [0.5, 0.6) is 0 Å². The van der Waals surface area contributed by atoms with E-state index in [0.29, 0.717) is 0 Å². The number of nitrogens with two attached hydrogens (primary N) is 1. The minimum atomic E-state index is -0.985. The van der Waals surface area contributed by atoms with Gasteiger partial charge in [-0.15, -0.1) is 0 Å². The average Bonchev–Trinajstić information content (AvgIpc) is 2.81. The molecule has 0 amide bonds. The first kappa shape index (κ1) is 12.2.